The van der Waals surface area contributed by atoms with E-state index in [1.807, 2.05) is 121 Å². The fourth-order valence-corrected chi connectivity index (χ4v) is 17.7. The number of pyridine rings is 7. The van der Waals surface area contributed by atoms with Crippen LogP contribution in [0.3, 0.4) is 0 Å². The number of alkyl halides is 3. The lowest BCUT2D eigenvalue weighted by Crippen LogP contribution is -2.33. The van der Waals surface area contributed by atoms with Gasteiger partial charge in [-0.15, -0.1) is 26.6 Å². The number of rotatable bonds is 29. The van der Waals surface area contributed by atoms with Crippen molar-refractivity contribution in [3.8, 4) is 46.5 Å². The van der Waals surface area contributed by atoms with Gasteiger partial charge in [-0.2, -0.15) is 18.3 Å². The molecule has 13 aromatic heterocycles. The van der Waals surface area contributed by atoms with Crippen LogP contribution in [0.1, 0.15) is 121 Å². The third kappa shape index (κ3) is 20.2. The first-order valence-electron chi connectivity index (χ1n) is 42.9. The molecule has 13 heterocycles. The Bertz CT molecular complexity index is 7320. The van der Waals surface area contributed by atoms with Gasteiger partial charge < -0.3 is 72.5 Å². The predicted molar refractivity (Wildman–Crippen MR) is 516 cm³/mol. The molecule has 0 aliphatic rings. The van der Waals surface area contributed by atoms with Crippen LogP contribution in [0.15, 0.2) is 164 Å². The molecule has 0 radical (unpaired) electrons. The lowest BCUT2D eigenvalue weighted by molar-refractivity contribution is -0.141. The molecule has 43 heteroatoms. The Morgan fingerprint density at radius 2 is 0.842 bits per heavy atom. The van der Waals surface area contributed by atoms with Crippen LogP contribution in [0.5, 0.6) is 46.5 Å². The number of aromatic nitrogens is 21. The summed E-state index contributed by atoms with van der Waals surface area (Å²) in [5.74, 6) is 3.02. The molecule has 0 aliphatic heterocycles. The fourth-order valence-electron chi connectivity index (χ4n) is 16.0. The number of benzene rings is 4. The topological polar surface area (TPSA) is 398 Å². The summed E-state index contributed by atoms with van der Waals surface area (Å²) in [6, 6.07) is 32.0. The first kappa shape index (κ1) is 101. The van der Waals surface area contributed by atoms with Gasteiger partial charge in [0.25, 0.3) is 23.5 Å². The normalized spacial score (nSPS) is 13.4. The Morgan fingerprint density at radius 1 is 0.424 bits per heavy atom. The number of ether oxygens (including phenoxy) is 9. The van der Waals surface area contributed by atoms with Gasteiger partial charge in [-0.3, -0.25) is 19.6 Å². The monoisotopic (exact) mass is 2000 g/mol. The Hall–Kier alpha value is -13.5. The summed E-state index contributed by atoms with van der Waals surface area (Å²) in [6.07, 6.45) is 5.70. The molecule has 139 heavy (non-hydrogen) atoms. The Morgan fingerprint density at radius 3 is 1.20 bits per heavy atom. The Kier molecular flexibility index (Phi) is 30.7. The molecular weight excluding hydrogens is 1900 g/mol. The lowest BCUT2D eigenvalue weighted by atomic mass is 9.82. The fraction of sp³-hybridized carbons (Fsp3) is 0.312. The van der Waals surface area contributed by atoms with E-state index >= 15 is 0 Å². The zero-order valence-corrected chi connectivity index (χ0v) is 82.9. The standard InChI is InChI=1S/C25H23ClN6O3S.C25H29ClN6O3.C24H22ClF3N4O4.C22H25ClN6O3/c1-14-5-7-18(15(2)29-14)25(33,20-12-28-31-32(20)3)16-6-8-19-17(11-16)22(26)23(24(30-19)34-4)35-13-21-27-9-10-36-21;1-15-7-9-19(16(2)28-15)25(33,21-14-27-30-32(21)5)17-8-10-20-18(13-17)22(26)23(24(29-20)34-6)35-12-11-31(3)4;1-32-19(8-9-30-32)23(33,15-5-7-18(29-13-15)24(26,27)28)14-4-6-17-16(12-14)20(25)21(22(31-17)35-3)36-11-10-34-2;1-12(2)32-20-19(23)15-9-14(7-8-16(15)26-21(20)31-6)22(30,18-11-25-27-29(18)5)17-10-24-13(3)28(17)4/h5-12,33H,13H2,1-4H3;7-10,13-14,33H,11-12H2,1-6H3;4-9,12-13,33H,10-11H2,1-3H3;7-12,30H,1-6H3. The van der Waals surface area contributed by atoms with Gasteiger partial charge in [0, 0.05) is 134 Å². The molecule has 17 rings (SSSR count). The number of hydrogen-bond acceptors (Lipinski definition) is 31. The molecule has 0 saturated carbocycles. The molecule has 0 fully saturated rings. The SMILES string of the molecule is COCCOc1c(OC)nc2ccc(C(O)(c3ccc(C(F)(F)F)nc3)c3ccnn3C)cc2c1Cl.COc1nc2ccc(C(O)(c3ccc(C)nc3C)c3cnnn3C)cc2c(Cl)c1OCCN(C)C.COc1nc2ccc(C(O)(c3ccc(C)nc3C)c3cnnn3C)cc2c(Cl)c1OCc1nccs1.COc1nc2ccc(C(O)(c3cnnn3C)c3cnc(C)n3C)cc2c(Cl)c1OC(C)C. The van der Waals surface area contributed by atoms with Crippen LogP contribution in [-0.2, 0) is 75.2 Å². The average Bonchev–Trinajstić information content (AvgIpc) is 1.67. The maximum absolute atomic E-state index is 13.1. The molecule has 0 saturated heterocycles. The van der Waals surface area contributed by atoms with Crippen molar-refractivity contribution in [3.05, 3.63) is 291 Å². The summed E-state index contributed by atoms with van der Waals surface area (Å²) in [6.45, 7) is 15.0. The number of methoxy groups -OCH3 is 5. The van der Waals surface area contributed by atoms with E-state index in [0.717, 1.165) is 34.5 Å². The van der Waals surface area contributed by atoms with E-state index in [0.29, 0.717) is 181 Å². The second kappa shape index (κ2) is 42.1. The third-order valence-corrected chi connectivity index (χ3v) is 25.3. The van der Waals surface area contributed by atoms with Crippen LogP contribution in [0.2, 0.25) is 20.1 Å². The van der Waals surface area contributed by atoms with Crippen molar-refractivity contribution in [1.82, 2.24) is 109 Å². The summed E-state index contributed by atoms with van der Waals surface area (Å²) < 4.78 is 97.4. The number of aryl methyl sites for hydroxylation is 9. The van der Waals surface area contributed by atoms with Crippen LogP contribution in [0, 0.1) is 34.6 Å². The van der Waals surface area contributed by atoms with E-state index in [2.05, 4.69) is 80.9 Å². The molecule has 0 bridgehead atoms. The summed E-state index contributed by atoms with van der Waals surface area (Å²) in [5, 5.41) is 83.3. The number of nitrogens with zero attached hydrogens (tertiary/aromatic N) is 22. The maximum atomic E-state index is 13.1. The molecular formula is C96H99Cl4F3N22O13S. The first-order valence-corrected chi connectivity index (χ1v) is 45.3. The minimum absolute atomic E-state index is 0.104. The third-order valence-electron chi connectivity index (χ3n) is 23.1. The Labute approximate surface area is 820 Å². The molecule has 4 N–H and O–H groups in total. The highest BCUT2D eigenvalue weighted by atomic mass is 35.5. The van der Waals surface area contributed by atoms with Crippen LogP contribution in [-0.4, -0.2) is 212 Å². The van der Waals surface area contributed by atoms with Crippen LogP contribution >= 0.6 is 57.7 Å². The van der Waals surface area contributed by atoms with E-state index in [1.54, 1.807) is 129 Å². The van der Waals surface area contributed by atoms with Crippen molar-refractivity contribution in [2.75, 3.05) is 76.0 Å². The molecule has 726 valence electrons. The minimum Gasteiger partial charge on any atom is -0.485 e. The number of likely N-dealkylation sites (N-methyl/N-ethyl adjacent to an activating group) is 1. The van der Waals surface area contributed by atoms with E-state index in [4.69, 9.17) is 89.0 Å². The van der Waals surface area contributed by atoms with Gasteiger partial charge in [0.15, 0.2) is 22.4 Å². The van der Waals surface area contributed by atoms with Crippen molar-refractivity contribution >= 4 is 101 Å². The van der Waals surface area contributed by atoms with Crippen molar-refractivity contribution in [2.24, 2.45) is 35.2 Å². The number of aliphatic hydroxyl groups is 4. The molecule has 0 amide bonds. The van der Waals surface area contributed by atoms with Crippen LogP contribution in [0.25, 0.3) is 43.6 Å². The average molecular weight is 2000 g/mol. The molecule has 4 unspecified atom stereocenters. The number of imidazole rings is 1. The number of fused-ring (bicyclic) bond motifs is 4. The summed E-state index contributed by atoms with van der Waals surface area (Å²) in [7, 11) is 20.1. The van der Waals surface area contributed by atoms with Crippen LogP contribution in [0.4, 0.5) is 13.2 Å². The predicted octanol–water partition coefficient (Wildman–Crippen LogP) is 15.1. The highest BCUT2D eigenvalue weighted by molar-refractivity contribution is 7.09. The second-order valence-electron chi connectivity index (χ2n) is 32.6. The molecule has 35 nitrogen and oxygen atoms in total. The lowest BCUT2D eigenvalue weighted by Gasteiger charge is -2.30. The molecule has 17 aromatic rings. The van der Waals surface area contributed by atoms with Crippen molar-refractivity contribution in [2.45, 2.75) is 89.8 Å². The van der Waals surface area contributed by atoms with E-state index in [1.165, 1.54) is 74.7 Å². The molecule has 0 aliphatic carbocycles. The quantitative estimate of drug-likeness (QED) is 0.0316. The zero-order valence-electron chi connectivity index (χ0n) is 79.1. The zero-order chi connectivity index (χ0) is 100. The minimum atomic E-state index is -4.62. The van der Waals surface area contributed by atoms with Crippen molar-refractivity contribution < 1.29 is 76.2 Å². The molecule has 0 spiro atoms. The summed E-state index contributed by atoms with van der Waals surface area (Å²) >= 11 is 28.6. The van der Waals surface area contributed by atoms with E-state index in [-0.39, 0.29) is 47.4 Å². The van der Waals surface area contributed by atoms with Crippen molar-refractivity contribution in [3.63, 3.8) is 0 Å². The van der Waals surface area contributed by atoms with Gasteiger partial charge in [0.05, 0.1) is 131 Å². The van der Waals surface area contributed by atoms with E-state index in [9.17, 15) is 33.6 Å². The second-order valence-corrected chi connectivity index (χ2v) is 35.1. The highest BCUT2D eigenvalue weighted by Gasteiger charge is 2.45. The largest absolute Gasteiger partial charge is 0.485 e. The van der Waals surface area contributed by atoms with Gasteiger partial charge in [-0.25, -0.2) is 43.9 Å². The highest BCUT2D eigenvalue weighted by Crippen LogP contribution is 2.50. The molecule has 4 atom stereocenters. The smallest absolute Gasteiger partial charge is 0.433 e. The van der Waals surface area contributed by atoms with Gasteiger partial charge in [0.2, 0.25) is 23.0 Å². The Balaban J connectivity index is 0.000000148. The van der Waals surface area contributed by atoms with E-state index < -0.39 is 34.3 Å². The molecule has 4 aromatic carbocycles. The number of thiazole rings is 1. The van der Waals surface area contributed by atoms with Gasteiger partial charge in [0.1, 0.15) is 42.0 Å². The maximum Gasteiger partial charge on any atom is 0.433 e. The summed E-state index contributed by atoms with van der Waals surface area (Å²) in [5.41, 5.74) is 3.19. The van der Waals surface area contributed by atoms with Gasteiger partial charge >= 0.3 is 6.18 Å². The number of hydrogen-bond donors (Lipinski definition) is 4. The first-order chi connectivity index (χ1) is 66.3. The number of halogens is 7. The van der Waals surface area contributed by atoms with Crippen LogP contribution < -0.4 is 37.9 Å². The van der Waals surface area contributed by atoms with Crippen molar-refractivity contribution in [1.29, 1.82) is 0 Å². The summed E-state index contributed by atoms with van der Waals surface area (Å²) in [4.78, 5) is 41.5. The van der Waals surface area contributed by atoms with Gasteiger partial charge in [-0.05, 0) is 158 Å². The van der Waals surface area contributed by atoms with Gasteiger partial charge in [-0.1, -0.05) is 105 Å².